The van der Waals surface area contributed by atoms with Crippen molar-refractivity contribution in [2.75, 3.05) is 0 Å². The molecule has 2 unspecified atom stereocenters. The van der Waals surface area contributed by atoms with Gasteiger partial charge in [-0.05, 0) is 18.6 Å². The maximum absolute atomic E-state index is 12.7. The van der Waals surface area contributed by atoms with Crippen LogP contribution in [0.2, 0.25) is 0 Å². The monoisotopic (exact) mass is 306 g/mol. The number of nitrogens with zero attached hydrogens (tertiary/aromatic N) is 2. The van der Waals surface area contributed by atoms with Gasteiger partial charge in [0.2, 0.25) is 0 Å². The molecule has 1 heterocycles. The van der Waals surface area contributed by atoms with Crippen LogP contribution in [0, 0.1) is 10.1 Å². The quantitative estimate of drug-likeness (QED) is 0.485. The maximum Gasteiger partial charge on any atom is 0.267 e. The van der Waals surface area contributed by atoms with Gasteiger partial charge in [0, 0.05) is 23.6 Å². The molecule has 2 aliphatic rings. The largest absolute Gasteiger partial charge is 0.267 e. The number of nitro groups is 1. The maximum atomic E-state index is 12.7. The van der Waals surface area contributed by atoms with Crippen LogP contribution < -0.4 is 0 Å². The predicted molar refractivity (Wildman–Crippen MR) is 76.5 cm³/mol. The van der Waals surface area contributed by atoms with Crippen LogP contribution in [0.3, 0.4) is 0 Å². The van der Waals surface area contributed by atoms with Gasteiger partial charge in [-0.15, -0.1) is 0 Å². The lowest BCUT2D eigenvalue weighted by Crippen LogP contribution is -2.48. The second kappa shape index (κ2) is 4.42. The number of benzene rings is 1. The molecule has 1 aromatic rings. The van der Waals surface area contributed by atoms with Crippen molar-refractivity contribution in [1.82, 2.24) is 4.31 Å². The molecule has 7 heteroatoms. The van der Waals surface area contributed by atoms with Crippen LogP contribution in [0.1, 0.15) is 12.8 Å². The number of fused-ring (bicyclic) bond motifs is 1. The van der Waals surface area contributed by atoms with Crippen molar-refractivity contribution in [3.05, 3.63) is 64.9 Å². The predicted octanol–water partition coefficient (Wildman–Crippen LogP) is 1.94. The topological polar surface area (TPSA) is 80.5 Å². The highest BCUT2D eigenvalue weighted by Gasteiger charge is 2.60. The first kappa shape index (κ1) is 13.8. The molecule has 21 heavy (non-hydrogen) atoms. The molecule has 0 saturated heterocycles. The van der Waals surface area contributed by atoms with E-state index in [1.54, 1.807) is 18.2 Å². The molecule has 1 aliphatic carbocycles. The van der Waals surface area contributed by atoms with E-state index in [-0.39, 0.29) is 11.3 Å². The zero-order chi connectivity index (χ0) is 15.3. The van der Waals surface area contributed by atoms with Gasteiger partial charge < -0.3 is 0 Å². The third kappa shape index (κ3) is 1.88. The zero-order valence-corrected chi connectivity index (χ0v) is 12.0. The molecule has 2 atom stereocenters. The average molecular weight is 306 g/mol. The summed E-state index contributed by atoms with van der Waals surface area (Å²) in [5.41, 5.74) is -0.673. The lowest BCUT2D eigenvalue weighted by atomic mass is 9.97. The first-order chi connectivity index (χ1) is 9.88. The second-order valence-electron chi connectivity index (χ2n) is 5.36. The molecule has 0 aromatic heterocycles. The Morgan fingerprint density at radius 3 is 2.62 bits per heavy atom. The molecule has 1 saturated carbocycles. The van der Waals surface area contributed by atoms with E-state index in [4.69, 9.17) is 0 Å². The van der Waals surface area contributed by atoms with Crippen molar-refractivity contribution in [2.24, 2.45) is 0 Å². The standard InChI is InChI=1S/C14H14N2O4S/c1-11-9-13-14(10-11,16(17)18)7-8-15(13)21(19,20)12-5-3-2-4-6-12/h2-8,13H,1,9-10H2. The van der Waals surface area contributed by atoms with Gasteiger partial charge in [-0.25, -0.2) is 8.42 Å². The van der Waals surface area contributed by atoms with Gasteiger partial charge in [0.1, 0.15) is 6.04 Å². The summed E-state index contributed by atoms with van der Waals surface area (Å²) in [6.45, 7) is 3.79. The molecule has 0 spiro atoms. The molecule has 3 rings (SSSR count). The van der Waals surface area contributed by atoms with Gasteiger partial charge >= 0.3 is 0 Å². The van der Waals surface area contributed by atoms with Crippen LogP contribution >= 0.6 is 0 Å². The molecule has 1 aliphatic heterocycles. The third-order valence-electron chi connectivity index (χ3n) is 4.07. The third-order valence-corrected chi connectivity index (χ3v) is 5.87. The Balaban J connectivity index is 2.05. The summed E-state index contributed by atoms with van der Waals surface area (Å²) >= 11 is 0. The summed E-state index contributed by atoms with van der Waals surface area (Å²) in [5, 5.41) is 11.5. The Bertz CT molecular complexity index is 741. The van der Waals surface area contributed by atoms with Crippen molar-refractivity contribution in [3.63, 3.8) is 0 Å². The second-order valence-corrected chi connectivity index (χ2v) is 7.20. The van der Waals surface area contributed by atoms with E-state index in [2.05, 4.69) is 6.58 Å². The molecule has 0 amide bonds. The average Bonchev–Trinajstić information content (AvgIpc) is 2.95. The first-order valence-electron chi connectivity index (χ1n) is 6.47. The minimum absolute atomic E-state index is 0.131. The van der Waals surface area contributed by atoms with Gasteiger partial charge in [-0.3, -0.25) is 14.4 Å². The summed E-state index contributed by atoms with van der Waals surface area (Å²) in [5.74, 6) is 0. The molecule has 0 radical (unpaired) electrons. The smallest absolute Gasteiger partial charge is 0.264 e. The number of hydrogen-bond donors (Lipinski definition) is 0. The van der Waals surface area contributed by atoms with Crippen LogP contribution in [0.15, 0.2) is 59.7 Å². The van der Waals surface area contributed by atoms with Gasteiger partial charge in [0.05, 0.1) is 4.90 Å². The normalized spacial score (nSPS) is 27.9. The fourth-order valence-electron chi connectivity index (χ4n) is 3.04. The molecule has 1 fully saturated rings. The van der Waals surface area contributed by atoms with E-state index in [9.17, 15) is 18.5 Å². The fraction of sp³-hybridized carbons (Fsp3) is 0.286. The van der Waals surface area contributed by atoms with Crippen LogP contribution in [0.5, 0.6) is 0 Å². The molecule has 1 aromatic carbocycles. The summed E-state index contributed by atoms with van der Waals surface area (Å²) in [6.07, 6.45) is 3.20. The van der Waals surface area contributed by atoms with Gasteiger partial charge in [0.25, 0.3) is 15.6 Å². The van der Waals surface area contributed by atoms with Gasteiger partial charge in [-0.1, -0.05) is 30.4 Å². The lowest BCUT2D eigenvalue weighted by molar-refractivity contribution is -0.555. The number of hydrogen-bond acceptors (Lipinski definition) is 4. The number of sulfonamides is 1. The van der Waals surface area contributed by atoms with E-state index in [0.29, 0.717) is 12.0 Å². The van der Waals surface area contributed by atoms with Gasteiger partial charge in [-0.2, -0.15) is 0 Å². The van der Waals surface area contributed by atoms with Crippen molar-refractivity contribution in [2.45, 2.75) is 29.3 Å². The fourth-order valence-corrected chi connectivity index (χ4v) is 4.59. The van der Waals surface area contributed by atoms with Crippen LogP contribution in [0.4, 0.5) is 0 Å². The lowest BCUT2D eigenvalue weighted by Gasteiger charge is -2.26. The minimum Gasteiger partial charge on any atom is -0.264 e. The number of rotatable bonds is 3. The summed E-state index contributed by atoms with van der Waals surface area (Å²) in [6, 6.07) is 7.21. The summed E-state index contributed by atoms with van der Waals surface area (Å²) < 4.78 is 26.5. The molecule has 110 valence electrons. The van der Waals surface area contributed by atoms with E-state index in [0.717, 1.165) is 4.31 Å². The van der Waals surface area contributed by atoms with Crippen molar-refractivity contribution >= 4 is 10.0 Å². The SMILES string of the molecule is C=C1CC2N(S(=O)(=O)c3ccccc3)C=CC2([N+](=O)[O-])C1. The molecular weight excluding hydrogens is 292 g/mol. The van der Waals surface area contributed by atoms with Crippen molar-refractivity contribution in [1.29, 1.82) is 0 Å². The summed E-state index contributed by atoms with van der Waals surface area (Å²) in [7, 11) is -3.79. The van der Waals surface area contributed by atoms with E-state index in [1.165, 1.54) is 24.4 Å². The van der Waals surface area contributed by atoms with E-state index in [1.807, 2.05) is 0 Å². The zero-order valence-electron chi connectivity index (χ0n) is 11.2. The highest BCUT2D eigenvalue weighted by molar-refractivity contribution is 7.89. The minimum atomic E-state index is -3.79. The molecule has 0 N–H and O–H groups in total. The van der Waals surface area contributed by atoms with E-state index < -0.39 is 26.5 Å². The summed E-state index contributed by atoms with van der Waals surface area (Å²) in [4.78, 5) is 11.2. The Kier molecular flexibility index (Phi) is 2.91. The Hall–Kier alpha value is -2.15. The van der Waals surface area contributed by atoms with Crippen molar-refractivity contribution in [3.8, 4) is 0 Å². The Morgan fingerprint density at radius 2 is 2.00 bits per heavy atom. The first-order valence-corrected chi connectivity index (χ1v) is 7.91. The molecule has 0 bridgehead atoms. The Labute approximate surface area is 122 Å². The molecular formula is C14H14N2O4S. The van der Waals surface area contributed by atoms with Gasteiger partial charge in [0.15, 0.2) is 0 Å². The van der Waals surface area contributed by atoms with Crippen LogP contribution in [-0.4, -0.2) is 29.2 Å². The highest BCUT2D eigenvalue weighted by Crippen LogP contribution is 2.45. The van der Waals surface area contributed by atoms with E-state index >= 15 is 0 Å². The van der Waals surface area contributed by atoms with Crippen molar-refractivity contribution < 1.29 is 13.3 Å². The Morgan fingerprint density at radius 1 is 1.33 bits per heavy atom. The molecule has 6 nitrogen and oxygen atoms in total. The van der Waals surface area contributed by atoms with Crippen LogP contribution in [0.25, 0.3) is 0 Å². The van der Waals surface area contributed by atoms with Crippen LogP contribution in [-0.2, 0) is 10.0 Å². The highest BCUT2D eigenvalue weighted by atomic mass is 32.2.